The van der Waals surface area contributed by atoms with Gasteiger partial charge in [-0.25, -0.2) is 0 Å². The van der Waals surface area contributed by atoms with Crippen molar-refractivity contribution in [1.29, 1.82) is 0 Å². The Bertz CT molecular complexity index is 473. The molecule has 1 rings (SSSR count). The second-order valence-electron chi connectivity index (χ2n) is 4.03. The first kappa shape index (κ1) is 13.7. The standard InChI is InChI=1S/C16H19P/c1-5-6-7-16(17)13(4)15-10-8-14(9-11-15)12(2)3/h5-11H,1-2,17H2,3-4H3/b7-6-,16-13-. The van der Waals surface area contributed by atoms with Gasteiger partial charge in [0.2, 0.25) is 0 Å². The maximum Gasteiger partial charge on any atom is -0.0221 e. The summed E-state index contributed by atoms with van der Waals surface area (Å²) < 4.78 is 0. The summed E-state index contributed by atoms with van der Waals surface area (Å²) in [6, 6.07) is 8.48. The number of hydrogen-bond donors (Lipinski definition) is 0. The van der Waals surface area contributed by atoms with E-state index in [1.54, 1.807) is 6.08 Å². The summed E-state index contributed by atoms with van der Waals surface area (Å²) in [6.45, 7) is 11.7. The maximum atomic E-state index is 3.94. The summed E-state index contributed by atoms with van der Waals surface area (Å²) in [5.74, 6) is 0. The van der Waals surface area contributed by atoms with Gasteiger partial charge in [-0.15, -0.1) is 9.24 Å². The molecule has 1 aromatic carbocycles. The van der Waals surface area contributed by atoms with Crippen LogP contribution in [-0.2, 0) is 0 Å². The molecule has 0 bridgehead atoms. The summed E-state index contributed by atoms with van der Waals surface area (Å²) in [5, 5.41) is 1.17. The molecule has 0 aliphatic carbocycles. The smallest absolute Gasteiger partial charge is 0.0221 e. The first-order chi connectivity index (χ1) is 8.06. The zero-order valence-electron chi connectivity index (χ0n) is 10.5. The van der Waals surface area contributed by atoms with Crippen molar-refractivity contribution < 1.29 is 0 Å². The quantitative estimate of drug-likeness (QED) is 0.511. The number of benzene rings is 1. The molecule has 1 unspecified atom stereocenters. The fourth-order valence-corrected chi connectivity index (χ4v) is 1.75. The fraction of sp³-hybridized carbons (Fsp3) is 0.125. The van der Waals surface area contributed by atoms with Gasteiger partial charge >= 0.3 is 0 Å². The van der Waals surface area contributed by atoms with E-state index in [0.717, 1.165) is 5.57 Å². The molecule has 0 heterocycles. The van der Waals surface area contributed by atoms with Crippen molar-refractivity contribution in [3.8, 4) is 0 Å². The zero-order valence-corrected chi connectivity index (χ0v) is 11.7. The van der Waals surface area contributed by atoms with E-state index in [4.69, 9.17) is 0 Å². The highest BCUT2D eigenvalue weighted by Gasteiger charge is 1.99. The minimum absolute atomic E-state index is 1.09. The number of allylic oxidation sites excluding steroid dienone is 6. The molecule has 1 aromatic rings. The summed E-state index contributed by atoms with van der Waals surface area (Å²) >= 11 is 0. The predicted molar refractivity (Wildman–Crippen MR) is 82.8 cm³/mol. The molecule has 1 heteroatoms. The second kappa shape index (κ2) is 6.37. The summed E-state index contributed by atoms with van der Waals surface area (Å²) in [6.07, 6.45) is 5.76. The van der Waals surface area contributed by atoms with E-state index < -0.39 is 0 Å². The molecule has 1 atom stereocenters. The van der Waals surface area contributed by atoms with Gasteiger partial charge in [0.05, 0.1) is 0 Å². The summed E-state index contributed by atoms with van der Waals surface area (Å²) in [7, 11) is 2.75. The minimum Gasteiger partial charge on any atom is -0.105 e. The second-order valence-corrected chi connectivity index (χ2v) is 4.65. The molecule has 0 aliphatic heterocycles. The van der Waals surface area contributed by atoms with Crippen LogP contribution in [0.2, 0.25) is 0 Å². The van der Waals surface area contributed by atoms with Crippen molar-refractivity contribution in [2.24, 2.45) is 0 Å². The van der Waals surface area contributed by atoms with Crippen LogP contribution >= 0.6 is 9.24 Å². The van der Waals surface area contributed by atoms with Gasteiger partial charge in [0.1, 0.15) is 0 Å². The Balaban J connectivity index is 3.04. The SMILES string of the molecule is C=C/C=C\C(P)=C(/C)c1ccc(C(=C)C)cc1. The van der Waals surface area contributed by atoms with Crippen molar-refractivity contribution in [2.45, 2.75) is 13.8 Å². The van der Waals surface area contributed by atoms with Crippen molar-refractivity contribution >= 4 is 20.4 Å². The van der Waals surface area contributed by atoms with E-state index >= 15 is 0 Å². The average Bonchev–Trinajstić information content (AvgIpc) is 2.35. The molecule has 0 nitrogen and oxygen atoms in total. The van der Waals surface area contributed by atoms with Gasteiger partial charge < -0.3 is 0 Å². The van der Waals surface area contributed by atoms with Gasteiger partial charge in [0.25, 0.3) is 0 Å². The Hall–Kier alpha value is -1.39. The average molecular weight is 242 g/mol. The Labute approximate surface area is 107 Å². The van der Waals surface area contributed by atoms with Crippen molar-refractivity contribution in [1.82, 2.24) is 0 Å². The van der Waals surface area contributed by atoms with Crippen molar-refractivity contribution in [3.63, 3.8) is 0 Å². The van der Waals surface area contributed by atoms with E-state index in [-0.39, 0.29) is 0 Å². The third kappa shape index (κ3) is 3.84. The van der Waals surface area contributed by atoms with Crippen LogP contribution in [0, 0.1) is 0 Å². The molecule has 0 amide bonds. The third-order valence-corrected chi connectivity index (χ3v) is 3.28. The van der Waals surface area contributed by atoms with E-state index in [2.05, 4.69) is 53.6 Å². The van der Waals surface area contributed by atoms with E-state index in [9.17, 15) is 0 Å². The topological polar surface area (TPSA) is 0 Å². The monoisotopic (exact) mass is 242 g/mol. The van der Waals surface area contributed by atoms with Crippen LogP contribution in [0.3, 0.4) is 0 Å². The van der Waals surface area contributed by atoms with Crippen LogP contribution < -0.4 is 0 Å². The highest BCUT2D eigenvalue weighted by Crippen LogP contribution is 2.24. The highest BCUT2D eigenvalue weighted by molar-refractivity contribution is 7.23. The van der Waals surface area contributed by atoms with Crippen molar-refractivity contribution in [3.05, 3.63) is 72.1 Å². The van der Waals surface area contributed by atoms with Gasteiger partial charge in [-0.05, 0) is 35.9 Å². The lowest BCUT2D eigenvalue weighted by molar-refractivity contribution is 1.51. The number of hydrogen-bond acceptors (Lipinski definition) is 0. The molecule has 88 valence electrons. The number of rotatable bonds is 4. The molecular formula is C16H19P. The molecule has 0 aliphatic rings. The van der Waals surface area contributed by atoms with E-state index in [1.165, 1.54) is 22.0 Å². The highest BCUT2D eigenvalue weighted by atomic mass is 31.0. The fourth-order valence-electron chi connectivity index (χ4n) is 1.47. The van der Waals surface area contributed by atoms with Gasteiger partial charge in [-0.3, -0.25) is 0 Å². The predicted octanol–water partition coefficient (Wildman–Crippen LogP) is 5.07. The largest absolute Gasteiger partial charge is 0.105 e. The molecule has 0 N–H and O–H groups in total. The molecule has 0 saturated carbocycles. The van der Waals surface area contributed by atoms with Crippen LogP contribution in [0.25, 0.3) is 11.1 Å². The van der Waals surface area contributed by atoms with Crippen LogP contribution in [0.5, 0.6) is 0 Å². The maximum absolute atomic E-state index is 3.94. The zero-order chi connectivity index (χ0) is 12.8. The first-order valence-electron chi connectivity index (χ1n) is 5.58. The van der Waals surface area contributed by atoms with Crippen LogP contribution in [0.15, 0.2) is 61.0 Å². The molecule has 0 saturated heterocycles. The Morgan fingerprint density at radius 2 is 1.65 bits per heavy atom. The van der Waals surface area contributed by atoms with Crippen molar-refractivity contribution in [2.75, 3.05) is 0 Å². The van der Waals surface area contributed by atoms with E-state index in [0.29, 0.717) is 0 Å². The molecule has 0 aromatic heterocycles. The van der Waals surface area contributed by atoms with Gasteiger partial charge in [-0.1, -0.05) is 61.2 Å². The van der Waals surface area contributed by atoms with Gasteiger partial charge in [-0.2, -0.15) is 0 Å². The van der Waals surface area contributed by atoms with Crippen LogP contribution in [0.1, 0.15) is 25.0 Å². The Morgan fingerprint density at radius 3 is 2.12 bits per heavy atom. The lowest BCUT2D eigenvalue weighted by Gasteiger charge is -2.06. The molecule has 0 spiro atoms. The summed E-state index contributed by atoms with van der Waals surface area (Å²) in [5.41, 5.74) is 4.76. The van der Waals surface area contributed by atoms with Crippen LogP contribution in [0.4, 0.5) is 0 Å². The Morgan fingerprint density at radius 1 is 1.12 bits per heavy atom. The lowest BCUT2D eigenvalue weighted by Crippen LogP contribution is -1.83. The molecule has 0 fully saturated rings. The third-order valence-electron chi connectivity index (χ3n) is 2.66. The van der Waals surface area contributed by atoms with E-state index in [1.807, 2.05) is 19.1 Å². The lowest BCUT2D eigenvalue weighted by atomic mass is 10.0. The summed E-state index contributed by atoms with van der Waals surface area (Å²) in [4.78, 5) is 0. The van der Waals surface area contributed by atoms with Gasteiger partial charge in [0, 0.05) is 0 Å². The molecule has 0 radical (unpaired) electrons. The van der Waals surface area contributed by atoms with Crippen LogP contribution in [-0.4, -0.2) is 0 Å². The van der Waals surface area contributed by atoms with Gasteiger partial charge in [0.15, 0.2) is 0 Å². The first-order valence-corrected chi connectivity index (χ1v) is 6.15. The molecule has 17 heavy (non-hydrogen) atoms. The Kier molecular flexibility index (Phi) is 5.12. The molecular weight excluding hydrogens is 223 g/mol. The minimum atomic E-state index is 1.09. The normalized spacial score (nSPS) is 12.4.